The molecule has 8 nitrogen and oxygen atoms in total. The Balaban J connectivity index is 1.33. The second-order valence-electron chi connectivity index (χ2n) is 8.31. The van der Waals surface area contributed by atoms with E-state index in [-0.39, 0.29) is 17.4 Å². The molecule has 1 aliphatic rings. The van der Waals surface area contributed by atoms with Crippen molar-refractivity contribution >= 4 is 23.3 Å². The lowest BCUT2D eigenvalue weighted by atomic mass is 9.97. The van der Waals surface area contributed by atoms with Crippen molar-refractivity contribution in [3.8, 4) is 11.3 Å². The van der Waals surface area contributed by atoms with Gasteiger partial charge in [0, 0.05) is 48.0 Å². The summed E-state index contributed by atoms with van der Waals surface area (Å²) >= 11 is 5.95. The van der Waals surface area contributed by atoms with Gasteiger partial charge < -0.3 is 10.2 Å². The molecule has 0 spiro atoms. The summed E-state index contributed by atoms with van der Waals surface area (Å²) in [6, 6.07) is 11.4. The van der Waals surface area contributed by atoms with E-state index in [1.807, 2.05) is 43.3 Å². The summed E-state index contributed by atoms with van der Waals surface area (Å²) in [5, 5.41) is 12.4. The number of carbonyl (C=O) groups excluding carboxylic acids is 1. The number of halogens is 1. The summed E-state index contributed by atoms with van der Waals surface area (Å²) in [5.74, 6) is 0.624. The van der Waals surface area contributed by atoms with Crippen LogP contribution in [0.25, 0.3) is 11.3 Å². The molecule has 1 N–H and O–H groups in total. The topological polar surface area (TPSA) is 93.0 Å². The van der Waals surface area contributed by atoms with E-state index in [0.29, 0.717) is 30.2 Å². The first kappa shape index (κ1) is 22.9. The number of carbonyl (C=O) groups is 1. The molecule has 3 heterocycles. The Bertz CT molecular complexity index is 1180. The molecule has 33 heavy (non-hydrogen) atoms. The van der Waals surface area contributed by atoms with Crippen molar-refractivity contribution in [1.82, 2.24) is 25.1 Å². The van der Waals surface area contributed by atoms with Gasteiger partial charge in [0.2, 0.25) is 5.91 Å². The minimum atomic E-state index is -0.133. The third-order valence-corrected chi connectivity index (χ3v) is 6.33. The summed E-state index contributed by atoms with van der Waals surface area (Å²) in [6.07, 6.45) is 3.26. The zero-order valence-electron chi connectivity index (χ0n) is 18.8. The lowest BCUT2D eigenvalue weighted by molar-refractivity contribution is -0.125. The molecule has 0 saturated carbocycles. The highest BCUT2D eigenvalue weighted by atomic mass is 35.5. The number of nitrogens with one attached hydrogen (secondary N) is 1. The largest absolute Gasteiger partial charge is 0.354 e. The molecular weight excluding hydrogens is 440 g/mol. The van der Waals surface area contributed by atoms with Gasteiger partial charge in [-0.05, 0) is 51.0 Å². The predicted octanol–water partition coefficient (Wildman–Crippen LogP) is 3.00. The van der Waals surface area contributed by atoms with Gasteiger partial charge in [-0.3, -0.25) is 14.2 Å². The standard InChI is InChI=1S/C24H27ClN6O2/c1-16-17(2)27-15-31(24(16)33)13-11-26-23(32)19-4-3-12-30(14-19)22-10-9-21(28-29-22)18-5-7-20(25)8-6-18/h5-10,15,19H,3-4,11-14H2,1-2H3,(H,26,32). The van der Waals surface area contributed by atoms with Crippen LogP contribution in [0.5, 0.6) is 0 Å². The summed E-state index contributed by atoms with van der Waals surface area (Å²) in [7, 11) is 0. The fourth-order valence-electron chi connectivity index (χ4n) is 3.95. The maximum Gasteiger partial charge on any atom is 0.256 e. The fraction of sp³-hybridized carbons (Fsp3) is 0.375. The van der Waals surface area contributed by atoms with Crippen LogP contribution in [0.3, 0.4) is 0 Å². The number of hydrogen-bond donors (Lipinski definition) is 1. The second kappa shape index (κ2) is 10.1. The van der Waals surface area contributed by atoms with E-state index in [1.165, 1.54) is 10.9 Å². The molecule has 4 rings (SSSR count). The normalized spacial score (nSPS) is 16.0. The molecule has 1 aliphatic heterocycles. The van der Waals surface area contributed by atoms with E-state index in [9.17, 15) is 9.59 Å². The molecule has 1 unspecified atom stereocenters. The maximum atomic E-state index is 12.8. The number of hydrogen-bond acceptors (Lipinski definition) is 6. The Hall–Kier alpha value is -3.26. The van der Waals surface area contributed by atoms with Crippen LogP contribution in [-0.4, -0.2) is 45.3 Å². The average Bonchev–Trinajstić information content (AvgIpc) is 2.84. The number of aromatic nitrogens is 4. The van der Waals surface area contributed by atoms with E-state index in [4.69, 9.17) is 11.6 Å². The molecule has 9 heteroatoms. The lowest BCUT2D eigenvalue weighted by Crippen LogP contribution is -2.44. The highest BCUT2D eigenvalue weighted by molar-refractivity contribution is 6.30. The highest BCUT2D eigenvalue weighted by Gasteiger charge is 2.26. The van der Waals surface area contributed by atoms with E-state index in [1.54, 1.807) is 6.92 Å². The van der Waals surface area contributed by atoms with Crippen molar-refractivity contribution in [3.05, 3.63) is 69.4 Å². The molecule has 1 atom stereocenters. The highest BCUT2D eigenvalue weighted by Crippen LogP contribution is 2.24. The monoisotopic (exact) mass is 466 g/mol. The number of rotatable bonds is 6. The van der Waals surface area contributed by atoms with Gasteiger partial charge >= 0.3 is 0 Å². The Morgan fingerprint density at radius 3 is 2.67 bits per heavy atom. The molecular formula is C24H27ClN6O2. The molecule has 0 bridgehead atoms. The van der Waals surface area contributed by atoms with Gasteiger partial charge in [-0.2, -0.15) is 0 Å². The minimum Gasteiger partial charge on any atom is -0.354 e. The van der Waals surface area contributed by atoms with Crippen LogP contribution in [0, 0.1) is 19.8 Å². The van der Waals surface area contributed by atoms with Gasteiger partial charge in [-0.25, -0.2) is 4.98 Å². The van der Waals surface area contributed by atoms with Crippen LogP contribution >= 0.6 is 11.6 Å². The number of benzene rings is 1. The molecule has 1 saturated heterocycles. The first-order valence-corrected chi connectivity index (χ1v) is 11.4. The van der Waals surface area contributed by atoms with E-state index >= 15 is 0 Å². The number of anilines is 1. The van der Waals surface area contributed by atoms with E-state index in [2.05, 4.69) is 25.4 Å². The molecule has 2 aromatic heterocycles. The molecule has 1 amide bonds. The number of nitrogens with zero attached hydrogens (tertiary/aromatic N) is 5. The van der Waals surface area contributed by atoms with Gasteiger partial charge in [-0.1, -0.05) is 23.7 Å². The second-order valence-corrected chi connectivity index (χ2v) is 8.75. The number of aryl methyl sites for hydroxylation is 1. The van der Waals surface area contributed by atoms with Gasteiger partial charge in [-0.15, -0.1) is 10.2 Å². The molecule has 1 fully saturated rings. The van der Waals surface area contributed by atoms with Crippen LogP contribution in [0.4, 0.5) is 5.82 Å². The zero-order valence-corrected chi connectivity index (χ0v) is 19.5. The van der Waals surface area contributed by atoms with Crippen molar-refractivity contribution in [2.75, 3.05) is 24.5 Å². The quantitative estimate of drug-likeness (QED) is 0.600. The molecule has 3 aromatic rings. The maximum absolute atomic E-state index is 12.8. The minimum absolute atomic E-state index is 0.00437. The van der Waals surface area contributed by atoms with Gasteiger partial charge in [0.1, 0.15) is 0 Å². The van der Waals surface area contributed by atoms with Crippen LogP contribution in [0.15, 0.2) is 47.5 Å². The third-order valence-electron chi connectivity index (χ3n) is 6.07. The van der Waals surface area contributed by atoms with Crippen molar-refractivity contribution in [2.45, 2.75) is 33.2 Å². The SMILES string of the molecule is Cc1ncn(CCNC(=O)C2CCCN(c3ccc(-c4ccc(Cl)cc4)nn3)C2)c(=O)c1C. The Labute approximate surface area is 197 Å². The average molecular weight is 467 g/mol. The summed E-state index contributed by atoms with van der Waals surface area (Å²) in [6.45, 7) is 5.78. The van der Waals surface area contributed by atoms with Gasteiger partial charge in [0.15, 0.2) is 5.82 Å². The summed E-state index contributed by atoms with van der Waals surface area (Å²) in [5.41, 5.74) is 3.02. The molecule has 1 aromatic carbocycles. The van der Waals surface area contributed by atoms with Gasteiger partial charge in [0.05, 0.1) is 17.9 Å². The summed E-state index contributed by atoms with van der Waals surface area (Å²) in [4.78, 5) is 31.4. The van der Waals surface area contributed by atoms with Crippen LogP contribution in [0.1, 0.15) is 24.1 Å². The summed E-state index contributed by atoms with van der Waals surface area (Å²) < 4.78 is 1.54. The van der Waals surface area contributed by atoms with Crippen LogP contribution < -0.4 is 15.8 Å². The third kappa shape index (κ3) is 5.39. The molecule has 0 aliphatic carbocycles. The molecule has 172 valence electrons. The van der Waals surface area contributed by atoms with Crippen molar-refractivity contribution in [2.24, 2.45) is 5.92 Å². The van der Waals surface area contributed by atoms with Crippen LogP contribution in [0.2, 0.25) is 5.02 Å². The molecule has 0 radical (unpaired) electrons. The van der Waals surface area contributed by atoms with Crippen molar-refractivity contribution in [3.63, 3.8) is 0 Å². The Morgan fingerprint density at radius 2 is 1.94 bits per heavy atom. The van der Waals surface area contributed by atoms with Crippen molar-refractivity contribution < 1.29 is 4.79 Å². The lowest BCUT2D eigenvalue weighted by Gasteiger charge is -2.32. The van der Waals surface area contributed by atoms with Gasteiger partial charge in [0.25, 0.3) is 5.56 Å². The van der Waals surface area contributed by atoms with Crippen molar-refractivity contribution in [1.29, 1.82) is 0 Å². The number of amides is 1. The smallest absolute Gasteiger partial charge is 0.256 e. The first-order valence-electron chi connectivity index (χ1n) is 11.1. The van der Waals surface area contributed by atoms with E-state index in [0.717, 1.165) is 42.2 Å². The Kier molecular flexibility index (Phi) is 7.03. The van der Waals surface area contributed by atoms with E-state index < -0.39 is 0 Å². The zero-order chi connectivity index (χ0) is 23.4. The fourth-order valence-corrected chi connectivity index (χ4v) is 4.07. The Morgan fingerprint density at radius 1 is 1.15 bits per heavy atom. The first-order chi connectivity index (χ1) is 15.9. The predicted molar refractivity (Wildman–Crippen MR) is 128 cm³/mol. The number of piperidine rings is 1. The van der Waals surface area contributed by atoms with Crippen LogP contribution in [-0.2, 0) is 11.3 Å².